The lowest BCUT2D eigenvalue weighted by Crippen LogP contribution is -2.47. The van der Waals surface area contributed by atoms with Crippen molar-refractivity contribution in [1.29, 1.82) is 0 Å². The first kappa shape index (κ1) is 30.1. The summed E-state index contributed by atoms with van der Waals surface area (Å²) < 4.78 is 18.7. The summed E-state index contributed by atoms with van der Waals surface area (Å²) >= 11 is 0. The fourth-order valence-electron chi connectivity index (χ4n) is 5.86. The largest absolute Gasteiger partial charge is 0.462 e. The second-order valence-corrected chi connectivity index (χ2v) is 18.3. The molecule has 0 spiro atoms. The molecule has 0 amide bonds. The molecule has 0 aromatic rings. The van der Waals surface area contributed by atoms with Crippen LogP contribution in [0.3, 0.4) is 0 Å². The average molecular weight is 533 g/mol. The van der Waals surface area contributed by atoms with Gasteiger partial charge in [0.25, 0.3) is 0 Å². The number of allylic oxidation sites excluding steroid dienone is 3. The fourth-order valence-corrected chi connectivity index (χ4v) is 7.22. The van der Waals surface area contributed by atoms with Crippen molar-refractivity contribution in [3.05, 3.63) is 23.8 Å². The summed E-state index contributed by atoms with van der Waals surface area (Å²) in [5, 5.41) is 0.107. The molecule has 5 nitrogen and oxygen atoms in total. The molecule has 0 unspecified atom stereocenters. The van der Waals surface area contributed by atoms with Crippen LogP contribution in [0, 0.1) is 23.2 Å². The molecular weight excluding hydrogens is 480 g/mol. The maximum atomic E-state index is 13.2. The van der Waals surface area contributed by atoms with Crippen molar-refractivity contribution < 1.29 is 23.5 Å². The van der Waals surface area contributed by atoms with Crippen molar-refractivity contribution in [3.63, 3.8) is 0 Å². The number of ether oxygens (including phenoxy) is 2. The lowest BCUT2D eigenvalue weighted by atomic mass is 9.66. The molecule has 1 fully saturated rings. The number of carbonyl (C=O) groups excluding carboxylic acids is 2. The van der Waals surface area contributed by atoms with E-state index in [0.29, 0.717) is 18.3 Å². The Morgan fingerprint density at radius 3 is 2.43 bits per heavy atom. The van der Waals surface area contributed by atoms with E-state index in [1.807, 2.05) is 6.92 Å². The van der Waals surface area contributed by atoms with Crippen LogP contribution < -0.4 is 0 Å². The standard InChI is InChI=1S/C31H52O5Si/c1-10-31(7,11-2)29(33)35-26-14-12-13-22-16-15-21(3)25(28(22)26)18-17-23-19-24(20-27(32)34-23)36-37(8,9)30(4,5)6/h13,15-16,21,23-26,28H,10-12,14,17-20H2,1-9H3/t21-,23-,24-,25+,26+,28+/m1/s1. The van der Waals surface area contributed by atoms with Crippen LogP contribution in [0.15, 0.2) is 23.8 Å². The molecule has 0 aromatic carbocycles. The molecule has 0 aromatic heterocycles. The second-order valence-electron chi connectivity index (χ2n) is 13.5. The van der Waals surface area contributed by atoms with Crippen molar-refractivity contribution in [2.75, 3.05) is 0 Å². The molecule has 0 bridgehead atoms. The highest BCUT2D eigenvalue weighted by Gasteiger charge is 2.44. The third-order valence-electron chi connectivity index (χ3n) is 9.97. The van der Waals surface area contributed by atoms with Gasteiger partial charge in [0.1, 0.15) is 12.2 Å². The van der Waals surface area contributed by atoms with Gasteiger partial charge in [-0.1, -0.05) is 59.8 Å². The van der Waals surface area contributed by atoms with Gasteiger partial charge in [-0.25, -0.2) is 0 Å². The minimum atomic E-state index is -1.96. The zero-order valence-electron chi connectivity index (χ0n) is 24.9. The topological polar surface area (TPSA) is 61.8 Å². The van der Waals surface area contributed by atoms with Crippen LogP contribution >= 0.6 is 0 Å². The normalized spacial score (nSPS) is 30.8. The molecule has 1 heterocycles. The first-order chi connectivity index (χ1) is 17.2. The van der Waals surface area contributed by atoms with E-state index in [-0.39, 0.29) is 41.2 Å². The van der Waals surface area contributed by atoms with E-state index < -0.39 is 13.7 Å². The predicted octanol–water partition coefficient (Wildman–Crippen LogP) is 7.76. The SMILES string of the molecule is CCC(C)(CC)C(=O)O[C@H]1CCC=C2C=C[C@@H](C)[C@H](CC[C@@H]3C[C@@H](O[Si](C)(C)C(C)(C)C)CC(=O)O3)[C@H]21. The molecule has 0 N–H and O–H groups in total. The van der Waals surface area contributed by atoms with Gasteiger partial charge in [0.05, 0.1) is 17.9 Å². The highest BCUT2D eigenvalue weighted by molar-refractivity contribution is 6.74. The van der Waals surface area contributed by atoms with Crippen LogP contribution in [0.5, 0.6) is 0 Å². The van der Waals surface area contributed by atoms with Gasteiger partial charge in [0.2, 0.25) is 0 Å². The van der Waals surface area contributed by atoms with Crippen molar-refractivity contribution >= 4 is 20.3 Å². The van der Waals surface area contributed by atoms with Crippen molar-refractivity contribution in [2.24, 2.45) is 23.2 Å². The number of esters is 2. The Morgan fingerprint density at radius 1 is 1.14 bits per heavy atom. The molecule has 1 aliphatic heterocycles. The summed E-state index contributed by atoms with van der Waals surface area (Å²) in [6.07, 6.45) is 12.9. The molecular formula is C31H52O5Si. The van der Waals surface area contributed by atoms with Gasteiger partial charge in [-0.05, 0) is 81.0 Å². The van der Waals surface area contributed by atoms with Gasteiger partial charge in [-0.3, -0.25) is 9.59 Å². The smallest absolute Gasteiger partial charge is 0.312 e. The summed E-state index contributed by atoms with van der Waals surface area (Å²) in [6.45, 7) is 19.6. The van der Waals surface area contributed by atoms with E-state index in [1.165, 1.54) is 5.57 Å². The van der Waals surface area contributed by atoms with Crippen molar-refractivity contribution in [2.45, 2.75) is 136 Å². The minimum Gasteiger partial charge on any atom is -0.462 e. The zero-order valence-corrected chi connectivity index (χ0v) is 25.9. The van der Waals surface area contributed by atoms with Crippen LogP contribution in [0.1, 0.15) is 99.8 Å². The molecule has 3 aliphatic rings. The van der Waals surface area contributed by atoms with Gasteiger partial charge in [0.15, 0.2) is 8.32 Å². The minimum absolute atomic E-state index is 0.0588. The molecule has 6 heteroatoms. The Kier molecular flexibility index (Phi) is 9.59. The van der Waals surface area contributed by atoms with Crippen LogP contribution in [0.4, 0.5) is 0 Å². The van der Waals surface area contributed by atoms with Gasteiger partial charge in [0, 0.05) is 12.3 Å². The van der Waals surface area contributed by atoms with Crippen molar-refractivity contribution in [3.8, 4) is 0 Å². The number of rotatable bonds is 9. The summed E-state index contributed by atoms with van der Waals surface area (Å²) in [6, 6.07) is 0. The predicted molar refractivity (Wildman–Crippen MR) is 152 cm³/mol. The number of hydrogen-bond donors (Lipinski definition) is 0. The summed E-state index contributed by atoms with van der Waals surface area (Å²) in [5.41, 5.74) is 0.879. The lowest BCUT2D eigenvalue weighted by molar-refractivity contribution is -0.166. The third-order valence-corrected chi connectivity index (χ3v) is 14.5. The maximum Gasteiger partial charge on any atom is 0.312 e. The quantitative estimate of drug-likeness (QED) is 0.224. The fraction of sp³-hybridized carbons (Fsp3) is 0.806. The molecule has 3 rings (SSSR count). The summed E-state index contributed by atoms with van der Waals surface area (Å²) in [7, 11) is -1.96. The van der Waals surface area contributed by atoms with Gasteiger partial charge in [-0.15, -0.1) is 0 Å². The Bertz CT molecular complexity index is 879. The molecule has 2 aliphatic carbocycles. The highest BCUT2D eigenvalue weighted by Crippen LogP contribution is 2.45. The molecule has 210 valence electrons. The van der Waals surface area contributed by atoms with Crippen molar-refractivity contribution in [1.82, 2.24) is 0 Å². The Balaban J connectivity index is 1.70. The number of cyclic esters (lactones) is 1. The van der Waals surface area contributed by atoms with E-state index in [9.17, 15) is 9.59 Å². The number of carbonyl (C=O) groups is 2. The first-order valence-electron chi connectivity index (χ1n) is 14.7. The van der Waals surface area contributed by atoms with Crippen LogP contribution in [0.2, 0.25) is 18.1 Å². The van der Waals surface area contributed by atoms with E-state index in [4.69, 9.17) is 13.9 Å². The van der Waals surface area contributed by atoms with E-state index in [0.717, 1.165) is 44.9 Å². The zero-order chi connectivity index (χ0) is 27.6. The van der Waals surface area contributed by atoms with E-state index in [1.54, 1.807) is 0 Å². The first-order valence-corrected chi connectivity index (χ1v) is 17.6. The van der Waals surface area contributed by atoms with Gasteiger partial charge in [-0.2, -0.15) is 0 Å². The van der Waals surface area contributed by atoms with E-state index >= 15 is 0 Å². The van der Waals surface area contributed by atoms with Crippen LogP contribution in [-0.2, 0) is 23.5 Å². The lowest BCUT2D eigenvalue weighted by Gasteiger charge is -2.43. The molecule has 0 saturated carbocycles. The maximum absolute atomic E-state index is 13.2. The number of fused-ring (bicyclic) bond motifs is 1. The summed E-state index contributed by atoms with van der Waals surface area (Å²) in [5.74, 6) is 0.735. The molecule has 1 saturated heterocycles. The Morgan fingerprint density at radius 2 is 1.81 bits per heavy atom. The van der Waals surface area contributed by atoms with Crippen LogP contribution in [0.25, 0.3) is 0 Å². The third kappa shape index (κ3) is 6.98. The van der Waals surface area contributed by atoms with Gasteiger partial charge >= 0.3 is 11.9 Å². The van der Waals surface area contributed by atoms with Crippen LogP contribution in [-0.4, -0.2) is 38.6 Å². The Labute approximate surface area is 226 Å². The monoisotopic (exact) mass is 532 g/mol. The molecule has 6 atom stereocenters. The Hall–Kier alpha value is -1.40. The average Bonchev–Trinajstić information content (AvgIpc) is 2.81. The van der Waals surface area contributed by atoms with Gasteiger partial charge < -0.3 is 13.9 Å². The number of hydrogen-bond acceptors (Lipinski definition) is 5. The second kappa shape index (κ2) is 11.8. The highest BCUT2D eigenvalue weighted by atomic mass is 28.4. The molecule has 37 heavy (non-hydrogen) atoms. The van der Waals surface area contributed by atoms with E-state index in [2.05, 4.69) is 72.9 Å². The summed E-state index contributed by atoms with van der Waals surface area (Å²) in [4.78, 5) is 25.7. The molecule has 0 radical (unpaired) electrons.